The Labute approximate surface area is 103 Å². The molecule has 2 aromatic rings. The van der Waals surface area contributed by atoms with E-state index in [1.807, 2.05) is 18.2 Å². The molecule has 2 aromatic heterocycles. The van der Waals surface area contributed by atoms with Crippen LogP contribution in [-0.2, 0) is 5.75 Å². The number of anilines is 1. The largest absolute Gasteiger partial charge is 0.384 e. The van der Waals surface area contributed by atoms with Crippen LogP contribution in [-0.4, -0.2) is 9.97 Å². The van der Waals surface area contributed by atoms with E-state index >= 15 is 0 Å². The first kappa shape index (κ1) is 11.2. The SMILES string of the molecule is Nc1ccc(CSc2ccc(Cl)cn2)cn1. The van der Waals surface area contributed by atoms with Crippen LogP contribution >= 0.6 is 23.4 Å². The highest BCUT2D eigenvalue weighted by molar-refractivity contribution is 7.98. The summed E-state index contributed by atoms with van der Waals surface area (Å²) in [7, 11) is 0. The Hall–Kier alpha value is -1.26. The molecule has 2 N–H and O–H groups in total. The van der Waals surface area contributed by atoms with Crippen LogP contribution in [0, 0.1) is 0 Å². The smallest absolute Gasteiger partial charge is 0.123 e. The van der Waals surface area contributed by atoms with Gasteiger partial charge in [0.05, 0.1) is 10.0 Å². The maximum atomic E-state index is 5.75. The van der Waals surface area contributed by atoms with E-state index in [4.69, 9.17) is 17.3 Å². The predicted octanol–water partition coefficient (Wildman–Crippen LogP) is 3.00. The van der Waals surface area contributed by atoms with Gasteiger partial charge in [0, 0.05) is 18.1 Å². The molecule has 2 rings (SSSR count). The molecular weight excluding hydrogens is 242 g/mol. The van der Waals surface area contributed by atoms with E-state index in [1.165, 1.54) is 0 Å². The van der Waals surface area contributed by atoms with Crippen LogP contribution in [0.1, 0.15) is 5.56 Å². The van der Waals surface area contributed by atoms with Gasteiger partial charge in [-0.2, -0.15) is 0 Å². The zero-order chi connectivity index (χ0) is 11.4. The van der Waals surface area contributed by atoms with E-state index in [1.54, 1.807) is 30.2 Å². The Morgan fingerprint density at radius 2 is 2.00 bits per heavy atom. The van der Waals surface area contributed by atoms with Crippen LogP contribution in [0.2, 0.25) is 5.02 Å². The van der Waals surface area contributed by atoms with E-state index in [0.717, 1.165) is 16.3 Å². The molecule has 0 saturated carbocycles. The summed E-state index contributed by atoms with van der Waals surface area (Å²) in [6, 6.07) is 7.49. The molecule has 3 nitrogen and oxygen atoms in total. The highest BCUT2D eigenvalue weighted by atomic mass is 35.5. The van der Waals surface area contributed by atoms with Gasteiger partial charge in [0.15, 0.2) is 0 Å². The summed E-state index contributed by atoms with van der Waals surface area (Å²) in [5.74, 6) is 1.36. The fourth-order valence-corrected chi connectivity index (χ4v) is 2.01. The molecule has 16 heavy (non-hydrogen) atoms. The zero-order valence-corrected chi connectivity index (χ0v) is 10.0. The number of pyridine rings is 2. The Morgan fingerprint density at radius 1 is 1.12 bits per heavy atom. The van der Waals surface area contributed by atoms with Crippen LogP contribution in [0.4, 0.5) is 5.82 Å². The van der Waals surface area contributed by atoms with Crippen molar-refractivity contribution in [2.75, 3.05) is 5.73 Å². The third-order valence-electron chi connectivity index (χ3n) is 1.93. The average Bonchev–Trinajstić information content (AvgIpc) is 2.30. The quantitative estimate of drug-likeness (QED) is 0.852. The summed E-state index contributed by atoms with van der Waals surface area (Å²) in [5.41, 5.74) is 6.63. The van der Waals surface area contributed by atoms with Gasteiger partial charge < -0.3 is 5.73 Å². The molecule has 0 aliphatic heterocycles. The fourth-order valence-electron chi connectivity index (χ4n) is 1.13. The highest BCUT2D eigenvalue weighted by Crippen LogP contribution is 2.21. The second-order valence-corrected chi connectivity index (χ2v) is 4.63. The fraction of sp³-hybridized carbons (Fsp3) is 0.0909. The molecule has 0 saturated heterocycles. The molecule has 5 heteroatoms. The minimum absolute atomic E-state index is 0.540. The molecule has 0 aromatic carbocycles. The number of hydrogen-bond acceptors (Lipinski definition) is 4. The molecule has 0 atom stereocenters. The van der Waals surface area contributed by atoms with Crippen molar-refractivity contribution in [3.05, 3.63) is 47.2 Å². The first-order valence-corrected chi connectivity index (χ1v) is 6.05. The summed E-state index contributed by atoms with van der Waals surface area (Å²) in [5, 5.41) is 1.60. The van der Waals surface area contributed by atoms with E-state index in [-0.39, 0.29) is 0 Å². The van der Waals surface area contributed by atoms with Gasteiger partial charge in [-0.15, -0.1) is 11.8 Å². The molecule has 0 fully saturated rings. The zero-order valence-electron chi connectivity index (χ0n) is 8.43. The maximum absolute atomic E-state index is 5.75. The monoisotopic (exact) mass is 251 g/mol. The predicted molar refractivity (Wildman–Crippen MR) is 67.5 cm³/mol. The minimum Gasteiger partial charge on any atom is -0.384 e. The van der Waals surface area contributed by atoms with Crippen molar-refractivity contribution in [1.82, 2.24) is 9.97 Å². The van der Waals surface area contributed by atoms with Gasteiger partial charge in [-0.05, 0) is 23.8 Å². The lowest BCUT2D eigenvalue weighted by molar-refractivity contribution is 1.13. The molecule has 0 amide bonds. The lowest BCUT2D eigenvalue weighted by Gasteiger charge is -2.01. The number of thioether (sulfide) groups is 1. The van der Waals surface area contributed by atoms with Gasteiger partial charge in [0.25, 0.3) is 0 Å². The van der Waals surface area contributed by atoms with Crippen molar-refractivity contribution in [2.45, 2.75) is 10.8 Å². The summed E-state index contributed by atoms with van der Waals surface area (Å²) < 4.78 is 0. The van der Waals surface area contributed by atoms with Crippen LogP contribution in [0.5, 0.6) is 0 Å². The first-order valence-electron chi connectivity index (χ1n) is 4.69. The van der Waals surface area contributed by atoms with E-state index in [0.29, 0.717) is 10.8 Å². The summed E-state index contributed by atoms with van der Waals surface area (Å²) >= 11 is 7.39. The number of nitrogens with two attached hydrogens (primary N) is 1. The van der Waals surface area contributed by atoms with Gasteiger partial charge >= 0.3 is 0 Å². The lowest BCUT2D eigenvalue weighted by atomic mass is 10.3. The molecule has 0 radical (unpaired) electrons. The standard InChI is InChI=1S/C11H10ClN3S/c12-9-2-4-11(15-6-9)16-7-8-1-3-10(13)14-5-8/h1-6H,7H2,(H2,13,14). The minimum atomic E-state index is 0.540. The van der Waals surface area contributed by atoms with Gasteiger partial charge in [0.2, 0.25) is 0 Å². The van der Waals surface area contributed by atoms with Crippen LogP contribution in [0.15, 0.2) is 41.7 Å². The Morgan fingerprint density at radius 3 is 2.62 bits per heavy atom. The number of nitrogen functional groups attached to an aromatic ring is 1. The summed E-state index contributed by atoms with van der Waals surface area (Å²) in [6.45, 7) is 0. The highest BCUT2D eigenvalue weighted by Gasteiger charge is 1.98. The van der Waals surface area contributed by atoms with E-state index in [2.05, 4.69) is 9.97 Å². The molecular formula is C11H10ClN3S. The lowest BCUT2D eigenvalue weighted by Crippen LogP contribution is -1.90. The number of halogens is 1. The Kier molecular flexibility index (Phi) is 3.64. The topological polar surface area (TPSA) is 51.8 Å². The van der Waals surface area contributed by atoms with E-state index in [9.17, 15) is 0 Å². The number of rotatable bonds is 3. The molecule has 2 heterocycles. The molecule has 82 valence electrons. The molecule has 0 bridgehead atoms. The van der Waals surface area contributed by atoms with Crippen LogP contribution in [0.3, 0.4) is 0 Å². The Bertz CT molecular complexity index is 410. The van der Waals surface area contributed by atoms with Crippen molar-refractivity contribution in [2.24, 2.45) is 0 Å². The van der Waals surface area contributed by atoms with Gasteiger partial charge in [-0.3, -0.25) is 0 Å². The molecule has 0 aliphatic rings. The number of nitrogens with zero attached hydrogens (tertiary/aromatic N) is 2. The van der Waals surface area contributed by atoms with Gasteiger partial charge in [-0.1, -0.05) is 17.7 Å². The summed E-state index contributed by atoms with van der Waals surface area (Å²) in [4.78, 5) is 8.23. The van der Waals surface area contributed by atoms with Gasteiger partial charge in [0.1, 0.15) is 5.82 Å². The van der Waals surface area contributed by atoms with Crippen molar-refractivity contribution < 1.29 is 0 Å². The average molecular weight is 252 g/mol. The van der Waals surface area contributed by atoms with E-state index < -0.39 is 0 Å². The third-order valence-corrected chi connectivity index (χ3v) is 3.17. The maximum Gasteiger partial charge on any atom is 0.123 e. The third kappa shape index (κ3) is 3.12. The number of hydrogen-bond donors (Lipinski definition) is 1. The number of aromatic nitrogens is 2. The first-order chi connectivity index (χ1) is 7.74. The van der Waals surface area contributed by atoms with Crippen molar-refractivity contribution in [3.63, 3.8) is 0 Å². The van der Waals surface area contributed by atoms with Crippen LogP contribution < -0.4 is 5.73 Å². The molecule has 0 spiro atoms. The van der Waals surface area contributed by atoms with Crippen molar-refractivity contribution in [1.29, 1.82) is 0 Å². The second-order valence-electron chi connectivity index (χ2n) is 3.19. The van der Waals surface area contributed by atoms with Crippen molar-refractivity contribution >= 4 is 29.2 Å². The molecule has 0 unspecified atom stereocenters. The summed E-state index contributed by atoms with van der Waals surface area (Å²) in [6.07, 6.45) is 3.42. The van der Waals surface area contributed by atoms with Crippen LogP contribution in [0.25, 0.3) is 0 Å². The second kappa shape index (κ2) is 5.18. The van der Waals surface area contributed by atoms with Crippen molar-refractivity contribution in [3.8, 4) is 0 Å². The Balaban J connectivity index is 1.97. The molecule has 0 aliphatic carbocycles. The van der Waals surface area contributed by atoms with Gasteiger partial charge in [-0.25, -0.2) is 9.97 Å². The normalized spacial score (nSPS) is 10.3.